The van der Waals surface area contributed by atoms with Crippen LogP contribution in [0.2, 0.25) is 0 Å². The fraction of sp³-hybridized carbons (Fsp3) is 0.462. The van der Waals surface area contributed by atoms with E-state index in [9.17, 15) is 15.2 Å². The molecule has 0 radical (unpaired) electrons. The molecule has 8 heteroatoms. The van der Waals surface area contributed by atoms with Crippen LogP contribution in [0.15, 0.2) is 60.6 Å². The molecule has 3 N–H and O–H groups in total. The molecule has 0 aromatic heterocycles. The van der Waals surface area contributed by atoms with Gasteiger partial charge in [-0.2, -0.15) is 0 Å². The third-order valence-electron chi connectivity index (χ3n) is 5.93. The van der Waals surface area contributed by atoms with Gasteiger partial charge in [-0.15, -0.1) is 0 Å². The van der Waals surface area contributed by atoms with Crippen molar-refractivity contribution in [2.24, 2.45) is 0 Å². The topological polar surface area (TPSA) is 99.9 Å². The molecule has 3 rings (SSSR count). The molecule has 1 unspecified atom stereocenters. The summed E-state index contributed by atoms with van der Waals surface area (Å²) in [7, 11) is 0. The van der Waals surface area contributed by atoms with E-state index in [1.54, 1.807) is 0 Å². The van der Waals surface area contributed by atoms with E-state index >= 15 is 0 Å². The number of ether oxygens (including phenoxy) is 1. The molecular weight excluding hydrogens is 432 g/mol. The average molecular weight is 469 g/mol. The fourth-order valence-electron chi connectivity index (χ4n) is 4.13. The van der Waals surface area contributed by atoms with Gasteiger partial charge in [0.2, 0.25) is 0 Å². The standard InChI is InChI=1S/C26H36N4O4/c1-21-9-3-4-12-24(21)25(31)18-28-26(20-30(32)33)27-13-8-16-34-23-11-7-10-22(17-23)19-29-14-5-2-6-15-29/h3-4,7,9-12,17,20,25,27-28,31H,2,5-6,8,13-16,18-19H2,1H3/b26-20+. The summed E-state index contributed by atoms with van der Waals surface area (Å²) in [6, 6.07) is 15.8. The fourth-order valence-corrected chi connectivity index (χ4v) is 4.13. The van der Waals surface area contributed by atoms with Crippen LogP contribution in [0.4, 0.5) is 0 Å². The predicted molar refractivity (Wildman–Crippen MR) is 133 cm³/mol. The lowest BCUT2D eigenvalue weighted by Crippen LogP contribution is -2.31. The van der Waals surface area contributed by atoms with Crippen molar-refractivity contribution < 1.29 is 14.8 Å². The lowest BCUT2D eigenvalue weighted by molar-refractivity contribution is -0.404. The number of nitro groups is 1. The van der Waals surface area contributed by atoms with Gasteiger partial charge in [-0.1, -0.05) is 42.8 Å². The molecule has 8 nitrogen and oxygen atoms in total. The molecule has 0 amide bonds. The monoisotopic (exact) mass is 468 g/mol. The molecule has 1 heterocycles. The maximum Gasteiger partial charge on any atom is 0.274 e. The number of likely N-dealkylation sites (tertiary alicyclic amines) is 1. The largest absolute Gasteiger partial charge is 0.494 e. The molecule has 1 aliphatic rings. The third-order valence-corrected chi connectivity index (χ3v) is 5.93. The maximum absolute atomic E-state index is 11.0. The average Bonchev–Trinajstić information content (AvgIpc) is 2.83. The van der Waals surface area contributed by atoms with Gasteiger partial charge in [0.25, 0.3) is 6.20 Å². The van der Waals surface area contributed by atoms with Crippen LogP contribution in [-0.4, -0.2) is 47.7 Å². The van der Waals surface area contributed by atoms with E-state index in [1.807, 2.05) is 43.3 Å². The molecule has 0 saturated carbocycles. The number of benzene rings is 2. The smallest absolute Gasteiger partial charge is 0.274 e. The summed E-state index contributed by atoms with van der Waals surface area (Å²) in [5, 5.41) is 27.4. The second-order valence-corrected chi connectivity index (χ2v) is 8.69. The van der Waals surface area contributed by atoms with E-state index in [2.05, 4.69) is 27.7 Å². The van der Waals surface area contributed by atoms with Gasteiger partial charge >= 0.3 is 0 Å². The van der Waals surface area contributed by atoms with Crippen LogP contribution in [0.25, 0.3) is 0 Å². The summed E-state index contributed by atoms with van der Waals surface area (Å²) in [5.41, 5.74) is 3.03. The van der Waals surface area contributed by atoms with Gasteiger partial charge in [-0.3, -0.25) is 15.0 Å². The number of aryl methyl sites for hydroxylation is 1. The first-order chi connectivity index (χ1) is 16.5. The van der Waals surface area contributed by atoms with Gasteiger partial charge in [-0.05, 0) is 68.1 Å². The molecule has 184 valence electrons. The van der Waals surface area contributed by atoms with Crippen molar-refractivity contribution in [2.45, 2.75) is 45.3 Å². The van der Waals surface area contributed by atoms with E-state index in [0.29, 0.717) is 19.6 Å². The minimum atomic E-state index is -0.765. The summed E-state index contributed by atoms with van der Waals surface area (Å²) < 4.78 is 5.90. The summed E-state index contributed by atoms with van der Waals surface area (Å²) in [6.45, 7) is 6.36. The Balaban J connectivity index is 1.40. The molecule has 1 fully saturated rings. The van der Waals surface area contributed by atoms with Gasteiger partial charge in [0.15, 0.2) is 5.82 Å². The van der Waals surface area contributed by atoms with Crippen molar-refractivity contribution in [2.75, 3.05) is 32.8 Å². The van der Waals surface area contributed by atoms with E-state index in [0.717, 1.165) is 42.7 Å². The van der Waals surface area contributed by atoms with Crippen LogP contribution in [0.3, 0.4) is 0 Å². The van der Waals surface area contributed by atoms with Crippen molar-refractivity contribution >= 4 is 0 Å². The van der Waals surface area contributed by atoms with Crippen molar-refractivity contribution in [3.8, 4) is 5.75 Å². The highest BCUT2D eigenvalue weighted by Crippen LogP contribution is 2.18. The Bertz CT molecular complexity index is 944. The van der Waals surface area contributed by atoms with E-state index in [4.69, 9.17) is 4.74 Å². The van der Waals surface area contributed by atoms with Gasteiger partial charge in [-0.25, -0.2) is 0 Å². The van der Waals surface area contributed by atoms with Crippen molar-refractivity contribution in [1.29, 1.82) is 0 Å². The molecule has 0 bridgehead atoms. The summed E-state index contributed by atoms with van der Waals surface area (Å²) in [4.78, 5) is 13.0. The first-order valence-corrected chi connectivity index (χ1v) is 12.0. The Labute approximate surface area is 201 Å². The maximum atomic E-state index is 11.0. The van der Waals surface area contributed by atoms with Crippen LogP contribution < -0.4 is 15.4 Å². The first kappa shape index (κ1) is 25.5. The molecule has 0 spiro atoms. The summed E-state index contributed by atoms with van der Waals surface area (Å²) in [6.07, 6.45) is 4.67. The molecule has 2 aromatic carbocycles. The van der Waals surface area contributed by atoms with Crippen LogP contribution in [0, 0.1) is 17.0 Å². The van der Waals surface area contributed by atoms with Gasteiger partial charge in [0, 0.05) is 19.6 Å². The number of aliphatic hydroxyl groups excluding tert-OH is 1. The molecule has 2 aromatic rings. The van der Waals surface area contributed by atoms with E-state index in [1.165, 1.54) is 24.8 Å². The lowest BCUT2D eigenvalue weighted by Gasteiger charge is -2.26. The number of hydrogen-bond donors (Lipinski definition) is 3. The highest BCUT2D eigenvalue weighted by atomic mass is 16.6. The highest BCUT2D eigenvalue weighted by molar-refractivity contribution is 5.29. The Morgan fingerprint density at radius 2 is 1.97 bits per heavy atom. The minimum Gasteiger partial charge on any atom is -0.494 e. The summed E-state index contributed by atoms with van der Waals surface area (Å²) >= 11 is 0. The van der Waals surface area contributed by atoms with Crippen molar-refractivity contribution in [3.05, 3.63) is 87.4 Å². The quantitative estimate of drug-likeness (QED) is 0.234. The zero-order valence-corrected chi connectivity index (χ0v) is 19.9. The normalized spacial score (nSPS) is 15.5. The molecular formula is C26H36N4O4. The zero-order chi connectivity index (χ0) is 24.2. The predicted octanol–water partition coefficient (Wildman–Crippen LogP) is 3.74. The van der Waals surface area contributed by atoms with Crippen molar-refractivity contribution in [1.82, 2.24) is 15.5 Å². The van der Waals surface area contributed by atoms with E-state index < -0.39 is 11.0 Å². The van der Waals surface area contributed by atoms with Crippen molar-refractivity contribution in [3.63, 3.8) is 0 Å². The number of nitrogens with zero attached hydrogens (tertiary/aromatic N) is 2. The third kappa shape index (κ3) is 8.68. The minimum absolute atomic E-state index is 0.165. The highest BCUT2D eigenvalue weighted by Gasteiger charge is 2.12. The number of nitrogens with one attached hydrogen (secondary N) is 2. The molecule has 1 saturated heterocycles. The zero-order valence-electron chi connectivity index (χ0n) is 19.9. The molecule has 1 atom stereocenters. The van der Waals surface area contributed by atoms with Gasteiger partial charge in [0.05, 0.1) is 17.6 Å². The number of piperidine rings is 1. The van der Waals surface area contributed by atoms with Crippen LogP contribution in [0.5, 0.6) is 5.75 Å². The number of aliphatic hydroxyl groups is 1. The summed E-state index contributed by atoms with van der Waals surface area (Å²) in [5.74, 6) is 1.11. The Morgan fingerprint density at radius 3 is 2.74 bits per heavy atom. The Kier molecular flexibility index (Phi) is 10.2. The molecule has 1 aliphatic heterocycles. The van der Waals surface area contributed by atoms with Gasteiger partial charge < -0.3 is 20.5 Å². The SMILES string of the molecule is Cc1ccccc1C(O)CN/C(=C/[N+](=O)[O-])NCCCOc1cccc(CN2CCCCC2)c1. The van der Waals surface area contributed by atoms with Crippen LogP contribution in [0.1, 0.15) is 48.5 Å². The number of hydrogen-bond acceptors (Lipinski definition) is 7. The van der Waals surface area contributed by atoms with Crippen LogP contribution in [-0.2, 0) is 6.54 Å². The second-order valence-electron chi connectivity index (χ2n) is 8.69. The van der Waals surface area contributed by atoms with Gasteiger partial charge in [0.1, 0.15) is 5.75 Å². The Hall–Kier alpha value is -3.10. The second kappa shape index (κ2) is 13.6. The molecule has 34 heavy (non-hydrogen) atoms. The molecule has 0 aliphatic carbocycles. The lowest BCUT2D eigenvalue weighted by atomic mass is 10.0. The van der Waals surface area contributed by atoms with Crippen LogP contribution >= 0.6 is 0 Å². The number of rotatable bonds is 13. The first-order valence-electron chi connectivity index (χ1n) is 12.0. The van der Waals surface area contributed by atoms with E-state index in [-0.39, 0.29) is 12.4 Å². The Morgan fingerprint density at radius 1 is 1.18 bits per heavy atom.